The van der Waals surface area contributed by atoms with Crippen LogP contribution in [0.4, 0.5) is 5.82 Å². The van der Waals surface area contributed by atoms with Crippen molar-refractivity contribution < 1.29 is 24.3 Å². The smallest absolute Gasteiger partial charge is 0.258 e. The molecule has 4 N–H and O–H groups in total. The average Bonchev–Trinajstić information content (AvgIpc) is 3.55. The average molecular weight is 496 g/mol. The summed E-state index contributed by atoms with van der Waals surface area (Å²) < 4.78 is 11.5. The van der Waals surface area contributed by atoms with Gasteiger partial charge in [0, 0.05) is 36.3 Å². The number of hydrogen-bond donors (Lipinski definition) is 3. The minimum Gasteiger partial charge on any atom is -0.490 e. The predicted octanol–water partition coefficient (Wildman–Crippen LogP) is 2.55. The van der Waals surface area contributed by atoms with Crippen molar-refractivity contribution in [3.05, 3.63) is 41.1 Å². The minimum atomic E-state index is -1.42. The molecule has 36 heavy (non-hydrogen) atoms. The Morgan fingerprint density at radius 1 is 1.14 bits per heavy atom. The fourth-order valence-electron chi connectivity index (χ4n) is 4.41. The van der Waals surface area contributed by atoms with Crippen molar-refractivity contribution in [1.29, 1.82) is 0 Å². The molecule has 2 aromatic heterocycles. The van der Waals surface area contributed by atoms with Gasteiger partial charge in [0.1, 0.15) is 24.3 Å². The fourth-order valence-corrected chi connectivity index (χ4v) is 4.41. The Balaban J connectivity index is 1.53. The molecule has 10 heteroatoms. The third-order valence-corrected chi connectivity index (χ3v) is 6.28. The van der Waals surface area contributed by atoms with Crippen LogP contribution in [0.3, 0.4) is 0 Å². The quantitative estimate of drug-likeness (QED) is 0.386. The lowest BCUT2D eigenvalue weighted by Crippen LogP contribution is -2.33. The first-order valence-electron chi connectivity index (χ1n) is 12.2. The first-order valence-corrected chi connectivity index (χ1v) is 12.2. The van der Waals surface area contributed by atoms with E-state index in [-0.39, 0.29) is 13.0 Å². The Morgan fingerprint density at radius 3 is 2.58 bits per heavy atom. The lowest BCUT2D eigenvalue weighted by atomic mass is 10.0. The van der Waals surface area contributed by atoms with Gasteiger partial charge >= 0.3 is 0 Å². The summed E-state index contributed by atoms with van der Waals surface area (Å²) >= 11 is 0. The zero-order chi connectivity index (χ0) is 25.8. The summed E-state index contributed by atoms with van der Waals surface area (Å²) in [6.07, 6.45) is 0.377. The van der Waals surface area contributed by atoms with Gasteiger partial charge in [-0.1, -0.05) is 12.1 Å². The molecule has 3 heterocycles. The molecule has 1 amide bonds. The fraction of sp³-hybridized carbons (Fsp3) is 0.462. The van der Waals surface area contributed by atoms with E-state index in [0.717, 1.165) is 46.9 Å². The Kier molecular flexibility index (Phi) is 7.85. The van der Waals surface area contributed by atoms with Crippen LogP contribution >= 0.6 is 0 Å². The van der Waals surface area contributed by atoms with E-state index >= 15 is 0 Å². The second-order valence-electron chi connectivity index (χ2n) is 9.23. The topological polar surface area (TPSA) is 148 Å². The van der Waals surface area contributed by atoms with Gasteiger partial charge in [-0.2, -0.15) is 4.98 Å². The molecule has 1 saturated heterocycles. The van der Waals surface area contributed by atoms with Crippen LogP contribution in [-0.4, -0.2) is 63.1 Å². The summed E-state index contributed by atoms with van der Waals surface area (Å²) in [5.41, 5.74) is 9.33. The van der Waals surface area contributed by atoms with Crippen LogP contribution in [0.1, 0.15) is 43.0 Å². The van der Waals surface area contributed by atoms with E-state index in [4.69, 9.17) is 15.0 Å². The molecule has 0 saturated carbocycles. The molecule has 1 unspecified atom stereocenters. The Labute approximate surface area is 210 Å². The van der Waals surface area contributed by atoms with Gasteiger partial charge in [0.05, 0.1) is 6.10 Å². The van der Waals surface area contributed by atoms with Crippen molar-refractivity contribution in [3.63, 3.8) is 0 Å². The number of amides is 1. The van der Waals surface area contributed by atoms with E-state index in [2.05, 4.69) is 20.0 Å². The van der Waals surface area contributed by atoms with Crippen LogP contribution in [0.25, 0.3) is 22.8 Å². The number of nitrogens with zero attached hydrogens (tertiary/aromatic N) is 4. The summed E-state index contributed by atoms with van der Waals surface area (Å²) in [4.78, 5) is 22.6. The second-order valence-corrected chi connectivity index (χ2v) is 9.23. The maximum atomic E-state index is 11.0. The van der Waals surface area contributed by atoms with E-state index in [1.165, 1.54) is 12.8 Å². The van der Waals surface area contributed by atoms with Crippen LogP contribution in [0.2, 0.25) is 0 Å². The molecule has 1 aliphatic heterocycles. The number of benzene rings is 1. The van der Waals surface area contributed by atoms with Crippen molar-refractivity contribution in [2.45, 2.75) is 58.7 Å². The monoisotopic (exact) mass is 495 g/mol. The Bertz CT molecular complexity index is 1220. The minimum absolute atomic E-state index is 0.0787. The van der Waals surface area contributed by atoms with Crippen LogP contribution in [0, 0.1) is 13.8 Å². The van der Waals surface area contributed by atoms with Crippen molar-refractivity contribution in [2.75, 3.05) is 24.6 Å². The molecule has 3 aromatic rings. The van der Waals surface area contributed by atoms with Gasteiger partial charge in [-0.05, 0) is 68.5 Å². The van der Waals surface area contributed by atoms with Gasteiger partial charge < -0.3 is 30.1 Å². The zero-order valence-corrected chi connectivity index (χ0v) is 20.9. The highest BCUT2D eigenvalue weighted by molar-refractivity contribution is 5.78. The van der Waals surface area contributed by atoms with Crippen molar-refractivity contribution in [1.82, 2.24) is 15.1 Å². The van der Waals surface area contributed by atoms with Crippen LogP contribution in [0.15, 0.2) is 28.8 Å². The maximum Gasteiger partial charge on any atom is 0.258 e. The number of rotatable bonds is 10. The molecule has 4 rings (SSSR count). The molecule has 0 radical (unpaired) electrons. The van der Waals surface area contributed by atoms with Gasteiger partial charge in [-0.3, -0.25) is 4.79 Å². The normalized spacial score (nSPS) is 15.2. The number of aliphatic hydroxyl groups is 2. The van der Waals surface area contributed by atoms with Crippen molar-refractivity contribution >= 4 is 11.7 Å². The third kappa shape index (κ3) is 5.83. The number of hydrogen-bond acceptors (Lipinski definition) is 9. The van der Waals surface area contributed by atoms with Gasteiger partial charge in [0.25, 0.3) is 5.89 Å². The van der Waals surface area contributed by atoms with Gasteiger partial charge in [-0.25, -0.2) is 4.98 Å². The summed E-state index contributed by atoms with van der Waals surface area (Å²) in [5, 5.41) is 23.9. The number of nitrogens with two attached hydrogens (primary N) is 1. The Hall–Kier alpha value is -3.50. The highest BCUT2D eigenvalue weighted by Crippen LogP contribution is 2.32. The standard InChI is InChI=1S/C26H33N5O5/c1-4-17-11-18(9-15(2)23(17)35-14-20(32)13-21(33)24(27)34)25-29-26(36-30-25)19-10-16(3)28-22(12-19)31-7-5-6-8-31/h9-12,20-21,32-33H,4-8,13-14H2,1-3H3,(H2,27,34)/t20-,21?/m0/s1. The van der Waals surface area contributed by atoms with Gasteiger partial charge in [0.15, 0.2) is 0 Å². The number of anilines is 1. The molecule has 1 aliphatic rings. The number of aliphatic hydroxyl groups excluding tert-OH is 2. The van der Waals surface area contributed by atoms with Gasteiger partial charge in [0.2, 0.25) is 11.7 Å². The zero-order valence-electron chi connectivity index (χ0n) is 20.9. The third-order valence-electron chi connectivity index (χ3n) is 6.28. The van der Waals surface area contributed by atoms with E-state index in [1.807, 2.05) is 45.0 Å². The first kappa shape index (κ1) is 25.6. The summed E-state index contributed by atoms with van der Waals surface area (Å²) in [5.74, 6) is 1.59. The number of ether oxygens (including phenoxy) is 1. The van der Waals surface area contributed by atoms with Crippen molar-refractivity contribution in [2.24, 2.45) is 5.73 Å². The van der Waals surface area contributed by atoms with Crippen LogP contribution in [-0.2, 0) is 11.2 Å². The highest BCUT2D eigenvalue weighted by atomic mass is 16.5. The number of aryl methyl sites for hydroxylation is 3. The lowest BCUT2D eigenvalue weighted by molar-refractivity contribution is -0.127. The number of aromatic nitrogens is 3. The van der Waals surface area contributed by atoms with E-state index in [1.54, 1.807) is 0 Å². The largest absolute Gasteiger partial charge is 0.490 e. The lowest BCUT2D eigenvalue weighted by Gasteiger charge is -2.18. The molecule has 1 fully saturated rings. The highest BCUT2D eigenvalue weighted by Gasteiger charge is 2.20. The van der Waals surface area contributed by atoms with Gasteiger partial charge in [-0.15, -0.1) is 0 Å². The summed E-state index contributed by atoms with van der Waals surface area (Å²) in [6, 6.07) is 7.78. The van der Waals surface area contributed by atoms with Crippen LogP contribution < -0.4 is 15.4 Å². The van der Waals surface area contributed by atoms with E-state index in [9.17, 15) is 15.0 Å². The van der Waals surface area contributed by atoms with Crippen molar-refractivity contribution in [3.8, 4) is 28.6 Å². The number of carbonyl (C=O) groups is 1. The van der Waals surface area contributed by atoms with E-state index < -0.39 is 18.1 Å². The second kappa shape index (κ2) is 11.0. The predicted molar refractivity (Wildman–Crippen MR) is 135 cm³/mol. The molecular formula is C26H33N5O5. The first-order chi connectivity index (χ1) is 17.2. The Morgan fingerprint density at radius 2 is 1.89 bits per heavy atom. The molecule has 0 bridgehead atoms. The molecule has 0 aliphatic carbocycles. The molecule has 0 spiro atoms. The molecular weight excluding hydrogens is 462 g/mol. The molecule has 2 atom stereocenters. The molecule has 1 aromatic carbocycles. The molecule has 10 nitrogen and oxygen atoms in total. The molecule has 192 valence electrons. The van der Waals surface area contributed by atoms with Crippen LogP contribution in [0.5, 0.6) is 5.75 Å². The number of carbonyl (C=O) groups excluding carboxylic acids is 1. The van der Waals surface area contributed by atoms with E-state index in [0.29, 0.717) is 23.9 Å². The summed E-state index contributed by atoms with van der Waals surface area (Å²) in [6.45, 7) is 7.78. The number of pyridine rings is 1. The SMILES string of the molecule is CCc1cc(-c2noc(-c3cc(C)nc(N4CCCC4)c3)n2)cc(C)c1OC[C@@H](O)CC(O)C(N)=O. The summed E-state index contributed by atoms with van der Waals surface area (Å²) in [7, 11) is 0. The number of primary amides is 1. The maximum absolute atomic E-state index is 11.0.